The van der Waals surface area contributed by atoms with Crippen molar-refractivity contribution in [1.29, 1.82) is 0 Å². The molecule has 3 saturated heterocycles. The quantitative estimate of drug-likeness (QED) is 0.210. The minimum atomic E-state index is -1.06. The molecule has 316 valence electrons. The van der Waals surface area contributed by atoms with Gasteiger partial charge in [-0.2, -0.15) is 10.1 Å². The van der Waals surface area contributed by atoms with Crippen LogP contribution in [-0.4, -0.2) is 101 Å². The molecular weight excluding hydrogens is 774 g/mol. The second-order valence-corrected chi connectivity index (χ2v) is 16.9. The molecule has 17 nitrogen and oxygen atoms in total. The van der Waals surface area contributed by atoms with E-state index in [1.165, 1.54) is 26.0 Å². The van der Waals surface area contributed by atoms with Gasteiger partial charge in [-0.15, -0.1) is 0 Å². The maximum absolute atomic E-state index is 13.7. The third kappa shape index (κ3) is 7.51. The van der Waals surface area contributed by atoms with Crippen molar-refractivity contribution in [1.82, 2.24) is 43.7 Å². The number of alkyl halides is 1. The lowest BCUT2D eigenvalue weighted by Gasteiger charge is -2.35. The fraction of sp³-hybridized carbons (Fsp3) is 0.524. The van der Waals surface area contributed by atoms with Crippen LogP contribution in [0.2, 0.25) is 0 Å². The third-order valence-corrected chi connectivity index (χ3v) is 12.4. The molecule has 4 aromatic heterocycles. The van der Waals surface area contributed by atoms with Gasteiger partial charge in [0.15, 0.2) is 5.65 Å². The predicted molar refractivity (Wildman–Crippen MR) is 221 cm³/mol. The van der Waals surface area contributed by atoms with Crippen LogP contribution in [0.25, 0.3) is 22.1 Å². The number of ether oxygens (including phenoxy) is 1. The number of fused-ring (bicyclic) bond motifs is 2. The molecule has 0 bridgehead atoms. The first-order chi connectivity index (χ1) is 28.9. The number of imidazole rings is 1. The Morgan fingerprint density at radius 1 is 1.05 bits per heavy atom. The van der Waals surface area contributed by atoms with Crippen molar-refractivity contribution in [3.63, 3.8) is 0 Å². The maximum atomic E-state index is 13.7. The summed E-state index contributed by atoms with van der Waals surface area (Å²) in [5.41, 5.74) is 1.29. The summed E-state index contributed by atoms with van der Waals surface area (Å²) in [6.45, 7) is 6.95. The van der Waals surface area contributed by atoms with Crippen LogP contribution in [0.15, 0.2) is 52.4 Å². The van der Waals surface area contributed by atoms with Gasteiger partial charge in [-0.25, -0.2) is 14.2 Å². The molecule has 1 aliphatic carbocycles. The Bertz CT molecular complexity index is 2600. The Balaban J connectivity index is 0.806. The molecule has 1 unspecified atom stereocenters. The molecule has 18 heteroatoms. The van der Waals surface area contributed by atoms with Gasteiger partial charge in [0.05, 0.1) is 35.5 Å². The largest absolute Gasteiger partial charge is 0.490 e. The minimum absolute atomic E-state index is 0.0644. The number of nitrogens with zero attached hydrogens (tertiary/aromatic N) is 9. The highest BCUT2D eigenvalue weighted by molar-refractivity contribution is 6.08. The molecule has 4 fully saturated rings. The fourth-order valence-electron chi connectivity index (χ4n) is 8.96. The second kappa shape index (κ2) is 15.8. The van der Waals surface area contributed by atoms with E-state index < -0.39 is 29.7 Å². The minimum Gasteiger partial charge on any atom is -0.490 e. The van der Waals surface area contributed by atoms with Crippen molar-refractivity contribution >= 4 is 51.4 Å². The highest BCUT2D eigenvalue weighted by atomic mass is 19.1. The number of hydrogen-bond donors (Lipinski definition) is 2. The number of pyridine rings is 1. The molecular formula is C42H50FN11O6. The van der Waals surface area contributed by atoms with Crippen molar-refractivity contribution in [2.45, 2.75) is 95.6 Å². The van der Waals surface area contributed by atoms with Crippen molar-refractivity contribution in [2.75, 3.05) is 42.9 Å². The lowest BCUT2D eigenvalue weighted by atomic mass is 9.92. The number of piperidine rings is 3. The average molecular weight is 824 g/mol. The van der Waals surface area contributed by atoms with E-state index >= 15 is 0 Å². The number of hydrogen-bond acceptors (Lipinski definition) is 10. The van der Waals surface area contributed by atoms with Gasteiger partial charge in [0.1, 0.15) is 29.2 Å². The van der Waals surface area contributed by atoms with Gasteiger partial charge < -0.3 is 29.7 Å². The Labute approximate surface area is 344 Å². The standard InChI is InChI=1S/C42H50FN11O6/c1-24(2)60-35-21-31-26(19-28(35)38(56)46-30-6-5-13-52(40(30)58)33-20-29(33)43)23-53(48-31)27-10-16-50(17-11-27)36(55)18-25-8-14-51(15-9-25)41-45-22-34-37(47-41)49(3)42(59)54(34)32-7-4-12-44-39(32)57/h5-6,13,19,21-25,27,29,32-33H,4,7-12,14-18,20H2,1-3H3,(H,44,57)(H,46,56)/t29-,32?,33+/m1/s1. The number of anilines is 2. The van der Waals surface area contributed by atoms with Crippen LogP contribution in [0.4, 0.5) is 16.0 Å². The number of halogens is 1. The number of likely N-dealkylation sites (tertiary alicyclic amines) is 1. The zero-order chi connectivity index (χ0) is 41.8. The number of aromatic nitrogens is 7. The van der Waals surface area contributed by atoms with Crippen molar-refractivity contribution in [3.8, 4) is 5.75 Å². The number of nitrogens with one attached hydrogen (secondary N) is 2. The molecule has 2 N–H and O–H groups in total. The van der Waals surface area contributed by atoms with E-state index in [0.717, 1.165) is 37.5 Å². The molecule has 3 atom stereocenters. The van der Waals surface area contributed by atoms with Crippen LogP contribution >= 0.6 is 0 Å². The fourth-order valence-corrected chi connectivity index (χ4v) is 8.96. The van der Waals surface area contributed by atoms with E-state index in [9.17, 15) is 28.4 Å². The van der Waals surface area contributed by atoms with Crippen LogP contribution in [0.5, 0.6) is 5.75 Å². The lowest BCUT2D eigenvalue weighted by molar-refractivity contribution is -0.133. The van der Waals surface area contributed by atoms with Gasteiger partial charge in [0.2, 0.25) is 17.8 Å². The van der Waals surface area contributed by atoms with Gasteiger partial charge in [-0.3, -0.25) is 33.0 Å². The van der Waals surface area contributed by atoms with E-state index in [0.29, 0.717) is 73.9 Å². The summed E-state index contributed by atoms with van der Waals surface area (Å²) < 4.78 is 26.0. The SMILES string of the molecule is CC(C)Oc1cc2nn(C3CCN(C(=O)CC4CCN(c5ncc6c(n5)n(C)c(=O)n6C5CCCNC5=O)CC4)CC3)cc2cc1C(=O)Nc1cccn([C@H]2C[C@H]2F)c1=O. The first-order valence-corrected chi connectivity index (χ1v) is 21.0. The molecule has 0 radical (unpaired) electrons. The monoisotopic (exact) mass is 823 g/mol. The average Bonchev–Trinajstić information content (AvgIpc) is 3.73. The first-order valence-electron chi connectivity index (χ1n) is 21.0. The molecule has 5 aromatic rings. The number of carbonyl (C=O) groups is 3. The molecule has 9 rings (SSSR count). The summed E-state index contributed by atoms with van der Waals surface area (Å²) in [7, 11) is 1.67. The second-order valence-electron chi connectivity index (χ2n) is 16.9. The highest BCUT2D eigenvalue weighted by Gasteiger charge is 2.40. The van der Waals surface area contributed by atoms with Crippen LogP contribution in [0, 0.1) is 5.92 Å². The van der Waals surface area contributed by atoms with E-state index in [1.54, 1.807) is 31.4 Å². The van der Waals surface area contributed by atoms with Crippen LogP contribution in [-0.2, 0) is 16.6 Å². The van der Waals surface area contributed by atoms with E-state index in [1.807, 2.05) is 29.6 Å². The van der Waals surface area contributed by atoms with Crippen LogP contribution in [0.3, 0.4) is 0 Å². The van der Waals surface area contributed by atoms with E-state index in [2.05, 4.69) is 20.5 Å². The normalized spacial score (nSPS) is 21.5. The zero-order valence-electron chi connectivity index (χ0n) is 34.1. The molecule has 3 aliphatic heterocycles. The maximum Gasteiger partial charge on any atom is 0.330 e. The number of rotatable bonds is 10. The molecule has 60 heavy (non-hydrogen) atoms. The number of amides is 3. The van der Waals surface area contributed by atoms with E-state index in [4.69, 9.17) is 14.8 Å². The Morgan fingerprint density at radius 3 is 2.53 bits per heavy atom. The first kappa shape index (κ1) is 39.4. The van der Waals surface area contributed by atoms with Crippen molar-refractivity contribution < 1.29 is 23.5 Å². The molecule has 1 aromatic carbocycles. The van der Waals surface area contributed by atoms with E-state index in [-0.39, 0.29) is 53.2 Å². The summed E-state index contributed by atoms with van der Waals surface area (Å²) in [6, 6.07) is 5.58. The molecule has 7 heterocycles. The Kier molecular flexibility index (Phi) is 10.4. The van der Waals surface area contributed by atoms with Gasteiger partial charge in [-0.1, -0.05) is 0 Å². The van der Waals surface area contributed by atoms with Crippen molar-refractivity contribution in [2.24, 2.45) is 13.0 Å². The highest BCUT2D eigenvalue weighted by Crippen LogP contribution is 2.38. The summed E-state index contributed by atoms with van der Waals surface area (Å²) >= 11 is 0. The zero-order valence-corrected chi connectivity index (χ0v) is 34.1. The van der Waals surface area contributed by atoms with Gasteiger partial charge in [0, 0.05) is 76.5 Å². The van der Waals surface area contributed by atoms with Crippen LogP contribution < -0.4 is 31.5 Å². The smallest absolute Gasteiger partial charge is 0.330 e. The Hall–Kier alpha value is -6.07. The third-order valence-electron chi connectivity index (χ3n) is 12.4. The number of benzene rings is 1. The molecule has 1 saturated carbocycles. The summed E-state index contributed by atoms with van der Waals surface area (Å²) in [5, 5.41) is 11.2. The molecule has 3 amide bonds. The topological polar surface area (TPSA) is 184 Å². The summed E-state index contributed by atoms with van der Waals surface area (Å²) in [5.74, 6) is 0.591. The van der Waals surface area contributed by atoms with Crippen LogP contribution in [0.1, 0.15) is 93.7 Å². The van der Waals surface area contributed by atoms with Gasteiger partial charge >= 0.3 is 5.69 Å². The summed E-state index contributed by atoms with van der Waals surface area (Å²) in [6.07, 6.45) is 9.05. The van der Waals surface area contributed by atoms with Gasteiger partial charge in [0.25, 0.3) is 11.5 Å². The lowest BCUT2D eigenvalue weighted by Crippen LogP contribution is -2.41. The molecule has 0 spiro atoms. The van der Waals surface area contributed by atoms with Crippen molar-refractivity contribution in [3.05, 3.63) is 69.3 Å². The molecule has 4 aliphatic rings. The summed E-state index contributed by atoms with van der Waals surface area (Å²) in [4.78, 5) is 79.3. The number of carbonyl (C=O) groups excluding carboxylic acids is 3. The predicted octanol–water partition coefficient (Wildman–Crippen LogP) is 3.89. The number of aryl methyl sites for hydroxylation is 1. The Morgan fingerprint density at radius 2 is 1.82 bits per heavy atom. The van der Waals surface area contributed by atoms with Gasteiger partial charge in [-0.05, 0) is 76.5 Å².